The summed E-state index contributed by atoms with van der Waals surface area (Å²) in [7, 11) is 0. The summed E-state index contributed by atoms with van der Waals surface area (Å²) in [6, 6.07) is 0.221. The molecule has 0 aliphatic carbocycles. The van der Waals surface area contributed by atoms with Gasteiger partial charge in [-0.15, -0.1) is 0 Å². The van der Waals surface area contributed by atoms with Gasteiger partial charge in [0.25, 0.3) is 0 Å². The van der Waals surface area contributed by atoms with Crippen LogP contribution in [0.5, 0.6) is 0 Å². The topological polar surface area (TPSA) is 73.2 Å². The lowest BCUT2D eigenvalue weighted by Crippen LogP contribution is -2.52. The first kappa shape index (κ1) is 11.9. The number of ether oxygens (including phenoxy) is 1. The maximum Gasteiger partial charge on any atom is 0.0933 e. The highest BCUT2D eigenvalue weighted by atomic mass is 16.5. The van der Waals surface area contributed by atoms with E-state index in [-0.39, 0.29) is 25.4 Å². The van der Waals surface area contributed by atoms with Gasteiger partial charge < -0.3 is 20.1 Å². The minimum Gasteiger partial charge on any atom is -0.394 e. The van der Waals surface area contributed by atoms with Crippen molar-refractivity contribution in [3.8, 4) is 0 Å². The molecule has 3 N–H and O–H groups in total. The summed E-state index contributed by atoms with van der Waals surface area (Å²) in [4.78, 5) is 2.02. The molecule has 3 unspecified atom stereocenters. The molecule has 0 radical (unpaired) electrons. The van der Waals surface area contributed by atoms with Gasteiger partial charge in [0.2, 0.25) is 0 Å². The monoisotopic (exact) mass is 205 g/mol. The van der Waals surface area contributed by atoms with Crippen LogP contribution >= 0.6 is 0 Å². The quantitative estimate of drug-likeness (QED) is 0.516. The lowest BCUT2D eigenvalue weighted by Gasteiger charge is -2.38. The van der Waals surface area contributed by atoms with Gasteiger partial charge in [-0.3, -0.25) is 4.90 Å². The van der Waals surface area contributed by atoms with E-state index in [0.717, 1.165) is 0 Å². The van der Waals surface area contributed by atoms with Gasteiger partial charge in [-0.05, 0) is 6.92 Å². The second-order valence-corrected chi connectivity index (χ2v) is 3.78. The summed E-state index contributed by atoms with van der Waals surface area (Å²) in [6.07, 6.45) is -0.882. The molecular formula is C9H19NO4. The first-order valence-corrected chi connectivity index (χ1v) is 4.92. The molecule has 1 fully saturated rings. The van der Waals surface area contributed by atoms with Crippen LogP contribution in [0.25, 0.3) is 0 Å². The summed E-state index contributed by atoms with van der Waals surface area (Å²) >= 11 is 0. The Hall–Kier alpha value is -0.200. The molecule has 1 aliphatic heterocycles. The van der Waals surface area contributed by atoms with Crippen molar-refractivity contribution in [1.29, 1.82) is 0 Å². The van der Waals surface area contributed by atoms with E-state index in [2.05, 4.69) is 0 Å². The zero-order chi connectivity index (χ0) is 10.6. The molecule has 14 heavy (non-hydrogen) atoms. The number of hydrogen-bond acceptors (Lipinski definition) is 5. The Balaban J connectivity index is 2.40. The third-order valence-electron chi connectivity index (χ3n) is 2.49. The predicted molar refractivity (Wildman–Crippen MR) is 51.0 cm³/mol. The van der Waals surface area contributed by atoms with Crippen molar-refractivity contribution in [3.05, 3.63) is 0 Å². The smallest absolute Gasteiger partial charge is 0.0933 e. The van der Waals surface area contributed by atoms with Gasteiger partial charge in [-0.25, -0.2) is 0 Å². The number of hydrogen-bond donors (Lipinski definition) is 3. The van der Waals surface area contributed by atoms with Crippen LogP contribution in [0.3, 0.4) is 0 Å². The molecule has 1 saturated heterocycles. The van der Waals surface area contributed by atoms with Crippen LogP contribution in [0.4, 0.5) is 0 Å². The average Bonchev–Trinajstić information content (AvgIpc) is 2.21. The van der Waals surface area contributed by atoms with E-state index >= 15 is 0 Å². The second-order valence-electron chi connectivity index (χ2n) is 3.78. The summed E-state index contributed by atoms with van der Waals surface area (Å²) in [5, 5.41) is 26.9. The van der Waals surface area contributed by atoms with Crippen molar-refractivity contribution in [1.82, 2.24) is 4.90 Å². The molecule has 0 bridgehead atoms. The highest BCUT2D eigenvalue weighted by Crippen LogP contribution is 2.11. The molecule has 5 heteroatoms. The Labute approximate surface area is 83.9 Å². The predicted octanol–water partition coefficient (Wildman–Crippen LogP) is -1.58. The van der Waals surface area contributed by atoms with Crippen molar-refractivity contribution in [2.75, 3.05) is 32.9 Å². The van der Waals surface area contributed by atoms with Crippen LogP contribution in [0.15, 0.2) is 0 Å². The Morgan fingerprint density at radius 1 is 1.50 bits per heavy atom. The third-order valence-corrected chi connectivity index (χ3v) is 2.49. The number of morpholine rings is 1. The van der Waals surface area contributed by atoms with Crippen LogP contribution in [0, 0.1) is 0 Å². The summed E-state index contributed by atoms with van der Waals surface area (Å²) in [5.74, 6) is 0. The molecule has 0 aromatic heterocycles. The molecule has 5 nitrogen and oxygen atoms in total. The number of nitrogens with zero attached hydrogens (tertiary/aromatic N) is 1. The maximum absolute atomic E-state index is 9.29. The van der Waals surface area contributed by atoms with E-state index < -0.39 is 6.10 Å². The van der Waals surface area contributed by atoms with Crippen LogP contribution in [0.1, 0.15) is 6.92 Å². The lowest BCUT2D eigenvalue weighted by atomic mass is 10.2. The third kappa shape index (κ3) is 3.18. The number of aliphatic hydroxyl groups excluding tert-OH is 3. The normalized spacial score (nSPS) is 31.7. The van der Waals surface area contributed by atoms with Crippen molar-refractivity contribution in [2.24, 2.45) is 0 Å². The van der Waals surface area contributed by atoms with Gasteiger partial charge in [0.05, 0.1) is 32.0 Å². The Bertz CT molecular complexity index is 165. The summed E-state index contributed by atoms with van der Waals surface area (Å²) in [5.41, 5.74) is 0. The second kappa shape index (κ2) is 5.63. The molecule has 0 amide bonds. The van der Waals surface area contributed by atoms with Crippen LogP contribution < -0.4 is 0 Å². The van der Waals surface area contributed by atoms with Crippen LogP contribution in [0.2, 0.25) is 0 Å². The van der Waals surface area contributed by atoms with Gasteiger partial charge >= 0.3 is 0 Å². The molecular weight excluding hydrogens is 186 g/mol. The van der Waals surface area contributed by atoms with Crippen LogP contribution in [-0.2, 0) is 4.74 Å². The van der Waals surface area contributed by atoms with Crippen molar-refractivity contribution in [3.63, 3.8) is 0 Å². The highest BCUT2D eigenvalue weighted by Gasteiger charge is 2.26. The zero-order valence-corrected chi connectivity index (χ0v) is 8.46. The molecule has 0 aromatic rings. The highest BCUT2D eigenvalue weighted by molar-refractivity contribution is 4.78. The van der Waals surface area contributed by atoms with Crippen molar-refractivity contribution in [2.45, 2.75) is 25.2 Å². The number of rotatable bonds is 4. The minimum atomic E-state index is -0.713. The van der Waals surface area contributed by atoms with Crippen molar-refractivity contribution >= 4 is 0 Å². The molecule has 0 spiro atoms. The SMILES string of the molecule is CC1COC(CO)CN1CC(O)CO. The summed E-state index contributed by atoms with van der Waals surface area (Å²) < 4.78 is 5.35. The first-order chi connectivity index (χ1) is 6.67. The molecule has 84 valence electrons. The van der Waals surface area contributed by atoms with Gasteiger partial charge in [0.1, 0.15) is 0 Å². The fourth-order valence-corrected chi connectivity index (χ4v) is 1.57. The van der Waals surface area contributed by atoms with Gasteiger partial charge in [0, 0.05) is 19.1 Å². The number of β-amino-alcohol motifs (C(OH)–C–C–N with tert-alkyl or cyclic N) is 1. The van der Waals surface area contributed by atoms with E-state index in [1.54, 1.807) is 0 Å². The standard InChI is InChI=1S/C9H19NO4/c1-7-6-14-9(5-12)3-10(7)2-8(13)4-11/h7-9,11-13H,2-6H2,1H3. The molecule has 0 aromatic carbocycles. The van der Waals surface area contributed by atoms with Gasteiger partial charge in [-0.1, -0.05) is 0 Å². The number of aliphatic hydroxyl groups is 3. The van der Waals surface area contributed by atoms with Gasteiger partial charge in [0.15, 0.2) is 0 Å². The Morgan fingerprint density at radius 2 is 2.21 bits per heavy atom. The Morgan fingerprint density at radius 3 is 2.79 bits per heavy atom. The van der Waals surface area contributed by atoms with Gasteiger partial charge in [-0.2, -0.15) is 0 Å². The summed E-state index contributed by atoms with van der Waals surface area (Å²) in [6.45, 7) is 3.36. The van der Waals surface area contributed by atoms with Crippen molar-refractivity contribution < 1.29 is 20.1 Å². The Kier molecular flexibility index (Phi) is 4.77. The maximum atomic E-state index is 9.29. The average molecular weight is 205 g/mol. The fraction of sp³-hybridized carbons (Fsp3) is 1.00. The van der Waals surface area contributed by atoms with E-state index in [9.17, 15) is 5.11 Å². The molecule has 1 aliphatic rings. The van der Waals surface area contributed by atoms with E-state index in [1.165, 1.54) is 0 Å². The first-order valence-electron chi connectivity index (χ1n) is 4.92. The zero-order valence-electron chi connectivity index (χ0n) is 8.46. The minimum absolute atomic E-state index is 0.00155. The van der Waals surface area contributed by atoms with E-state index in [1.807, 2.05) is 11.8 Å². The molecule has 1 heterocycles. The van der Waals surface area contributed by atoms with E-state index in [0.29, 0.717) is 19.7 Å². The largest absolute Gasteiger partial charge is 0.394 e. The van der Waals surface area contributed by atoms with Crippen LogP contribution in [-0.4, -0.2) is 71.4 Å². The van der Waals surface area contributed by atoms with E-state index in [4.69, 9.17) is 14.9 Å². The fourth-order valence-electron chi connectivity index (χ4n) is 1.57. The lowest BCUT2D eigenvalue weighted by molar-refractivity contribution is -0.0894. The molecule has 3 atom stereocenters. The molecule has 0 saturated carbocycles. The molecule has 1 rings (SSSR count).